The summed E-state index contributed by atoms with van der Waals surface area (Å²) < 4.78 is 1.69. The highest BCUT2D eigenvalue weighted by molar-refractivity contribution is 7.13. The van der Waals surface area contributed by atoms with E-state index in [9.17, 15) is 9.59 Å². The van der Waals surface area contributed by atoms with Gasteiger partial charge in [0.1, 0.15) is 11.9 Å². The minimum atomic E-state index is -0.538. The molecule has 1 fully saturated rings. The molecule has 0 aliphatic carbocycles. The molecule has 0 bridgehead atoms. The monoisotopic (exact) mass is 518 g/mol. The summed E-state index contributed by atoms with van der Waals surface area (Å²) in [6.07, 6.45) is 4.81. The van der Waals surface area contributed by atoms with E-state index in [2.05, 4.69) is 22.7 Å². The first-order valence-electron chi connectivity index (χ1n) is 12.3. The topological polar surface area (TPSA) is 131 Å². The zero-order chi connectivity index (χ0) is 26.1. The van der Waals surface area contributed by atoms with Crippen LogP contribution in [0.15, 0.2) is 42.0 Å². The Morgan fingerprint density at radius 3 is 2.76 bits per heavy atom. The number of fused-ring (bicyclic) bond motifs is 1. The summed E-state index contributed by atoms with van der Waals surface area (Å²) in [7, 11) is 1.63. The molecular formula is C26H30N8O2S. The molecule has 0 unspecified atom stereocenters. The van der Waals surface area contributed by atoms with Gasteiger partial charge in [-0.1, -0.05) is 13.0 Å². The van der Waals surface area contributed by atoms with Crippen molar-refractivity contribution in [3.8, 4) is 21.8 Å². The number of carbonyl (C=O) groups is 2. The molecule has 11 heteroatoms. The first-order valence-corrected chi connectivity index (χ1v) is 13.2. The lowest BCUT2D eigenvalue weighted by Gasteiger charge is -2.42. The van der Waals surface area contributed by atoms with Crippen molar-refractivity contribution in [3.63, 3.8) is 0 Å². The largest absolute Gasteiger partial charge is 0.366 e. The van der Waals surface area contributed by atoms with Crippen LogP contribution in [0.1, 0.15) is 36.2 Å². The van der Waals surface area contributed by atoms with Gasteiger partial charge in [-0.05, 0) is 49.9 Å². The van der Waals surface area contributed by atoms with E-state index in [-0.39, 0.29) is 18.0 Å². The van der Waals surface area contributed by atoms with Gasteiger partial charge in [0.25, 0.3) is 0 Å². The van der Waals surface area contributed by atoms with E-state index in [1.54, 1.807) is 35.2 Å². The SMILES string of the molecule is CCN[C@@H](C)Cc1c(C(N)=O)cc(-c2cnn3ccc(-c4cccs4)nc23)nc1N1CC[C@H]1C(=O)NC. The fourth-order valence-corrected chi connectivity index (χ4v) is 5.47. The smallest absolute Gasteiger partial charge is 0.249 e. The van der Waals surface area contributed by atoms with Crippen molar-refractivity contribution in [1.29, 1.82) is 0 Å². The predicted molar refractivity (Wildman–Crippen MR) is 145 cm³/mol. The van der Waals surface area contributed by atoms with Crippen LogP contribution in [0.5, 0.6) is 0 Å². The minimum absolute atomic E-state index is 0.0806. The van der Waals surface area contributed by atoms with Crippen LogP contribution in [0.4, 0.5) is 5.82 Å². The number of anilines is 1. The number of nitrogens with two attached hydrogens (primary N) is 1. The van der Waals surface area contributed by atoms with E-state index < -0.39 is 5.91 Å². The molecule has 0 radical (unpaired) electrons. The van der Waals surface area contributed by atoms with Gasteiger partial charge in [-0.3, -0.25) is 9.59 Å². The van der Waals surface area contributed by atoms with Crippen LogP contribution in [0.25, 0.3) is 27.5 Å². The van der Waals surface area contributed by atoms with Crippen LogP contribution in [0.3, 0.4) is 0 Å². The van der Waals surface area contributed by atoms with Gasteiger partial charge < -0.3 is 21.3 Å². The molecular weight excluding hydrogens is 488 g/mol. The maximum Gasteiger partial charge on any atom is 0.249 e. The Bertz CT molecular complexity index is 1450. The van der Waals surface area contributed by atoms with Crippen molar-refractivity contribution in [2.45, 2.75) is 38.8 Å². The first-order chi connectivity index (χ1) is 17.9. The second-order valence-electron chi connectivity index (χ2n) is 9.11. The second kappa shape index (κ2) is 10.3. The van der Waals surface area contributed by atoms with Gasteiger partial charge in [-0.2, -0.15) is 5.10 Å². The molecule has 10 nitrogen and oxygen atoms in total. The highest BCUT2D eigenvalue weighted by Gasteiger charge is 2.37. The van der Waals surface area contributed by atoms with Crippen molar-refractivity contribution in [3.05, 3.63) is 53.2 Å². The standard InChI is InChI=1S/C26H30N8O2S/c1-4-29-15(2)12-17-16(23(27)35)13-20(32-24(17)33-9-8-21(33)26(36)28-3)18-14-30-34-10-7-19(31-25(18)34)22-6-5-11-37-22/h5-7,10-11,13-15,21,29H,4,8-9,12H2,1-3H3,(H2,27,35)(H,28,36)/t15-,21-/m0/s1. The molecule has 2 atom stereocenters. The molecule has 4 aromatic heterocycles. The van der Waals surface area contributed by atoms with Crippen LogP contribution < -0.4 is 21.3 Å². The molecule has 0 spiro atoms. The third-order valence-electron chi connectivity index (χ3n) is 6.69. The van der Waals surface area contributed by atoms with Gasteiger partial charge in [0.05, 0.1) is 28.0 Å². The maximum absolute atomic E-state index is 12.7. The van der Waals surface area contributed by atoms with Crippen LogP contribution in [0, 0.1) is 0 Å². The number of likely N-dealkylation sites (N-methyl/N-ethyl adjacent to an activating group) is 2. The lowest BCUT2D eigenvalue weighted by atomic mass is 9.95. The summed E-state index contributed by atoms with van der Waals surface area (Å²) in [6, 6.07) is 7.38. The zero-order valence-corrected chi connectivity index (χ0v) is 21.9. The molecule has 192 valence electrons. The lowest BCUT2D eigenvalue weighted by Crippen LogP contribution is -2.56. The van der Waals surface area contributed by atoms with Crippen LogP contribution in [-0.4, -0.2) is 63.6 Å². The molecule has 0 aromatic carbocycles. The Morgan fingerprint density at radius 2 is 2.11 bits per heavy atom. The number of thiophene rings is 1. The fourth-order valence-electron chi connectivity index (χ4n) is 4.77. The summed E-state index contributed by atoms with van der Waals surface area (Å²) in [4.78, 5) is 38.2. The van der Waals surface area contributed by atoms with Gasteiger partial charge in [-0.15, -0.1) is 11.3 Å². The van der Waals surface area contributed by atoms with Crippen LogP contribution >= 0.6 is 11.3 Å². The summed E-state index contributed by atoms with van der Waals surface area (Å²) >= 11 is 1.61. The maximum atomic E-state index is 12.7. The number of hydrogen-bond donors (Lipinski definition) is 3. The summed E-state index contributed by atoms with van der Waals surface area (Å²) in [6.45, 7) is 5.54. The fraction of sp³-hybridized carbons (Fsp3) is 0.346. The molecule has 0 saturated carbocycles. The van der Waals surface area contributed by atoms with Crippen LogP contribution in [0.2, 0.25) is 0 Å². The summed E-state index contributed by atoms with van der Waals surface area (Å²) in [5.74, 6) is -0.0167. The van der Waals surface area contributed by atoms with E-state index in [1.807, 2.05) is 41.6 Å². The number of nitrogens with one attached hydrogen (secondary N) is 2. The number of nitrogens with zero attached hydrogens (tertiary/aromatic N) is 5. The Kier molecular flexibility index (Phi) is 6.90. The van der Waals surface area contributed by atoms with Gasteiger partial charge in [0, 0.05) is 37.0 Å². The molecule has 1 aliphatic heterocycles. The van der Waals surface area contributed by atoms with Gasteiger partial charge in [-0.25, -0.2) is 14.5 Å². The van der Waals surface area contributed by atoms with Crippen molar-refractivity contribution in [2.75, 3.05) is 25.0 Å². The average molecular weight is 519 g/mol. The van der Waals surface area contributed by atoms with Gasteiger partial charge >= 0.3 is 0 Å². The van der Waals surface area contributed by atoms with E-state index in [4.69, 9.17) is 15.7 Å². The molecule has 5 heterocycles. The Hall–Kier alpha value is -3.83. The molecule has 1 aliphatic rings. The number of rotatable bonds is 9. The Morgan fingerprint density at radius 1 is 1.27 bits per heavy atom. The zero-order valence-electron chi connectivity index (χ0n) is 21.1. The van der Waals surface area contributed by atoms with Gasteiger partial charge in [0.15, 0.2) is 5.65 Å². The molecule has 1 saturated heterocycles. The number of amides is 2. The average Bonchev–Trinajstić information content (AvgIpc) is 3.54. The van der Waals surface area contributed by atoms with Crippen LogP contribution in [-0.2, 0) is 11.2 Å². The Labute approximate surface area is 218 Å². The minimum Gasteiger partial charge on any atom is -0.366 e. The van der Waals surface area contributed by atoms with Gasteiger partial charge in [0.2, 0.25) is 11.8 Å². The summed E-state index contributed by atoms with van der Waals surface area (Å²) in [5, 5.41) is 12.6. The summed E-state index contributed by atoms with van der Waals surface area (Å²) in [5.41, 5.74) is 9.73. The molecule has 37 heavy (non-hydrogen) atoms. The normalized spacial score (nSPS) is 16.0. The first kappa shape index (κ1) is 24.8. The van der Waals surface area contributed by atoms with E-state index in [0.717, 1.165) is 22.7 Å². The molecule has 5 rings (SSSR count). The highest BCUT2D eigenvalue weighted by Crippen LogP contribution is 2.35. The Balaban J connectivity index is 1.67. The number of aromatic nitrogens is 4. The molecule has 4 N–H and O–H groups in total. The molecule has 4 aromatic rings. The van der Waals surface area contributed by atoms with Crippen molar-refractivity contribution in [1.82, 2.24) is 30.2 Å². The number of primary amides is 1. The quantitative estimate of drug-likeness (QED) is 0.310. The van der Waals surface area contributed by atoms with Crippen molar-refractivity contribution < 1.29 is 9.59 Å². The van der Waals surface area contributed by atoms with E-state index in [0.29, 0.717) is 47.7 Å². The van der Waals surface area contributed by atoms with E-state index in [1.165, 1.54) is 0 Å². The number of hydrogen-bond acceptors (Lipinski definition) is 8. The predicted octanol–water partition coefficient (Wildman–Crippen LogP) is 2.48. The second-order valence-corrected chi connectivity index (χ2v) is 10.1. The third-order valence-corrected chi connectivity index (χ3v) is 7.58. The van der Waals surface area contributed by atoms with Crippen molar-refractivity contribution >= 4 is 34.6 Å². The highest BCUT2D eigenvalue weighted by atomic mass is 32.1. The third kappa shape index (κ3) is 4.67. The van der Waals surface area contributed by atoms with E-state index >= 15 is 0 Å². The number of carbonyl (C=O) groups excluding carboxylic acids is 2. The lowest BCUT2D eigenvalue weighted by molar-refractivity contribution is -0.123. The molecule has 2 amide bonds. The number of pyridine rings is 1. The van der Waals surface area contributed by atoms with Crippen molar-refractivity contribution in [2.24, 2.45) is 5.73 Å².